The van der Waals surface area contributed by atoms with Gasteiger partial charge < -0.3 is 10.6 Å². The Balaban J connectivity index is 1.79. The number of aromatic nitrogens is 2. The summed E-state index contributed by atoms with van der Waals surface area (Å²) in [7, 11) is 0. The Labute approximate surface area is 145 Å². The zero-order chi connectivity index (χ0) is 16.9. The van der Waals surface area contributed by atoms with Crippen molar-refractivity contribution < 1.29 is 4.79 Å². The number of carbonyl (C=O) groups excluding carboxylic acids is 1. The molecular formula is C18H20N4OS. The molecule has 124 valence electrons. The summed E-state index contributed by atoms with van der Waals surface area (Å²) in [6.07, 6.45) is 1.57. The van der Waals surface area contributed by atoms with Gasteiger partial charge in [0.15, 0.2) is 0 Å². The van der Waals surface area contributed by atoms with Crippen LogP contribution in [0.4, 0.5) is 5.82 Å². The number of anilines is 1. The van der Waals surface area contributed by atoms with E-state index in [-0.39, 0.29) is 11.8 Å². The third-order valence-electron chi connectivity index (χ3n) is 3.70. The molecule has 5 nitrogen and oxygen atoms in total. The van der Waals surface area contributed by atoms with Crippen LogP contribution in [0.3, 0.4) is 0 Å². The van der Waals surface area contributed by atoms with Gasteiger partial charge in [0.05, 0.1) is 5.39 Å². The third kappa shape index (κ3) is 3.54. The van der Waals surface area contributed by atoms with Crippen molar-refractivity contribution in [2.75, 3.05) is 18.4 Å². The fourth-order valence-electron chi connectivity index (χ4n) is 2.41. The van der Waals surface area contributed by atoms with E-state index in [1.165, 1.54) is 0 Å². The topological polar surface area (TPSA) is 66.9 Å². The highest BCUT2D eigenvalue weighted by atomic mass is 32.1. The van der Waals surface area contributed by atoms with Crippen molar-refractivity contribution in [1.29, 1.82) is 0 Å². The molecule has 1 amide bonds. The quantitative estimate of drug-likeness (QED) is 0.674. The van der Waals surface area contributed by atoms with Crippen molar-refractivity contribution in [1.82, 2.24) is 15.3 Å². The normalized spacial score (nSPS) is 11.0. The van der Waals surface area contributed by atoms with E-state index >= 15 is 0 Å². The van der Waals surface area contributed by atoms with Crippen LogP contribution < -0.4 is 10.6 Å². The van der Waals surface area contributed by atoms with E-state index in [4.69, 9.17) is 0 Å². The van der Waals surface area contributed by atoms with Gasteiger partial charge in [0.2, 0.25) is 5.91 Å². The number of thiophene rings is 1. The van der Waals surface area contributed by atoms with E-state index < -0.39 is 0 Å². The Morgan fingerprint density at radius 3 is 2.71 bits per heavy atom. The number of nitrogens with one attached hydrogen (secondary N) is 2. The van der Waals surface area contributed by atoms with E-state index in [0.29, 0.717) is 13.1 Å². The SMILES string of the molecule is CC(C)C(=O)NCCNc1ncnc2scc(-c3ccccc3)c12. The molecule has 0 saturated heterocycles. The van der Waals surface area contributed by atoms with E-state index in [0.717, 1.165) is 27.2 Å². The minimum Gasteiger partial charge on any atom is -0.368 e. The van der Waals surface area contributed by atoms with Crippen molar-refractivity contribution in [3.63, 3.8) is 0 Å². The van der Waals surface area contributed by atoms with E-state index in [1.54, 1.807) is 17.7 Å². The molecule has 2 aromatic heterocycles. The number of hydrogen-bond acceptors (Lipinski definition) is 5. The molecule has 2 heterocycles. The average molecular weight is 340 g/mol. The molecule has 24 heavy (non-hydrogen) atoms. The molecule has 3 rings (SSSR count). The van der Waals surface area contributed by atoms with Crippen molar-refractivity contribution in [2.45, 2.75) is 13.8 Å². The maximum Gasteiger partial charge on any atom is 0.222 e. The lowest BCUT2D eigenvalue weighted by Crippen LogP contribution is -2.32. The average Bonchev–Trinajstić information content (AvgIpc) is 3.04. The molecule has 0 fully saturated rings. The van der Waals surface area contributed by atoms with Crippen LogP contribution in [0.15, 0.2) is 42.0 Å². The largest absolute Gasteiger partial charge is 0.368 e. The van der Waals surface area contributed by atoms with Crippen molar-refractivity contribution in [3.8, 4) is 11.1 Å². The lowest BCUT2D eigenvalue weighted by atomic mass is 10.1. The van der Waals surface area contributed by atoms with Gasteiger partial charge in [-0.3, -0.25) is 4.79 Å². The summed E-state index contributed by atoms with van der Waals surface area (Å²) in [6, 6.07) is 10.2. The van der Waals surface area contributed by atoms with Gasteiger partial charge >= 0.3 is 0 Å². The second kappa shape index (κ2) is 7.40. The number of nitrogens with zero attached hydrogens (tertiary/aromatic N) is 2. The molecule has 0 bridgehead atoms. The van der Waals surface area contributed by atoms with Gasteiger partial charge in [-0.05, 0) is 5.56 Å². The van der Waals surface area contributed by atoms with Crippen molar-refractivity contribution in [2.24, 2.45) is 5.92 Å². The van der Waals surface area contributed by atoms with Crippen molar-refractivity contribution in [3.05, 3.63) is 42.0 Å². The van der Waals surface area contributed by atoms with E-state index in [2.05, 4.69) is 38.1 Å². The van der Waals surface area contributed by atoms with Crippen LogP contribution in [0.1, 0.15) is 13.8 Å². The molecule has 0 spiro atoms. The van der Waals surface area contributed by atoms with Crippen LogP contribution in [0.5, 0.6) is 0 Å². The van der Waals surface area contributed by atoms with Crippen LogP contribution in [-0.4, -0.2) is 29.0 Å². The van der Waals surface area contributed by atoms with Gasteiger partial charge in [-0.1, -0.05) is 44.2 Å². The highest BCUT2D eigenvalue weighted by molar-refractivity contribution is 7.17. The second-order valence-electron chi connectivity index (χ2n) is 5.79. The zero-order valence-corrected chi connectivity index (χ0v) is 14.6. The summed E-state index contributed by atoms with van der Waals surface area (Å²) in [5, 5.41) is 9.36. The predicted molar refractivity (Wildman–Crippen MR) is 99.2 cm³/mol. The molecule has 2 N–H and O–H groups in total. The molecule has 0 saturated carbocycles. The fraction of sp³-hybridized carbons (Fsp3) is 0.278. The zero-order valence-electron chi connectivity index (χ0n) is 13.7. The lowest BCUT2D eigenvalue weighted by molar-refractivity contribution is -0.123. The first kappa shape index (κ1) is 16.4. The highest BCUT2D eigenvalue weighted by Gasteiger charge is 2.12. The minimum atomic E-state index is -0.00249. The molecule has 0 aliphatic heterocycles. The van der Waals surface area contributed by atoms with Crippen LogP contribution in [-0.2, 0) is 4.79 Å². The Hall–Kier alpha value is -2.47. The number of carbonyl (C=O) groups is 1. The first-order chi connectivity index (χ1) is 11.7. The number of fused-ring (bicyclic) bond motifs is 1. The van der Waals surface area contributed by atoms with E-state index in [9.17, 15) is 4.79 Å². The number of amides is 1. The van der Waals surface area contributed by atoms with Crippen LogP contribution >= 0.6 is 11.3 Å². The summed E-state index contributed by atoms with van der Waals surface area (Å²) in [5.74, 6) is 0.862. The van der Waals surface area contributed by atoms with Crippen molar-refractivity contribution >= 4 is 33.3 Å². The summed E-state index contributed by atoms with van der Waals surface area (Å²) < 4.78 is 0. The summed E-state index contributed by atoms with van der Waals surface area (Å²) in [6.45, 7) is 4.95. The summed E-state index contributed by atoms with van der Waals surface area (Å²) in [5.41, 5.74) is 2.28. The van der Waals surface area contributed by atoms with Gasteiger partial charge in [-0.25, -0.2) is 9.97 Å². The molecule has 1 aromatic carbocycles. The summed E-state index contributed by atoms with van der Waals surface area (Å²) >= 11 is 1.61. The van der Waals surface area contributed by atoms with Gasteiger partial charge in [0, 0.05) is 30.0 Å². The first-order valence-electron chi connectivity index (χ1n) is 7.96. The Bertz CT molecular complexity index is 829. The highest BCUT2D eigenvalue weighted by Crippen LogP contribution is 2.36. The molecule has 0 unspecified atom stereocenters. The van der Waals surface area contributed by atoms with Gasteiger partial charge in [0.25, 0.3) is 0 Å². The molecule has 0 radical (unpaired) electrons. The van der Waals surface area contributed by atoms with E-state index in [1.807, 2.05) is 32.0 Å². The standard InChI is InChI=1S/C18H20N4OS/c1-12(2)17(23)20-9-8-19-16-15-14(13-6-4-3-5-7-13)10-24-18(15)22-11-21-16/h3-7,10-12H,8-9H2,1-2H3,(H,20,23)(H,19,21,22). The maximum atomic E-state index is 11.6. The third-order valence-corrected chi connectivity index (χ3v) is 4.58. The van der Waals surface area contributed by atoms with Crippen LogP contribution in [0.2, 0.25) is 0 Å². The molecule has 6 heteroatoms. The van der Waals surface area contributed by atoms with Gasteiger partial charge in [-0.2, -0.15) is 0 Å². The first-order valence-corrected chi connectivity index (χ1v) is 8.84. The van der Waals surface area contributed by atoms with Gasteiger partial charge in [-0.15, -0.1) is 11.3 Å². The fourth-order valence-corrected chi connectivity index (χ4v) is 3.33. The lowest BCUT2D eigenvalue weighted by Gasteiger charge is -2.10. The number of rotatable bonds is 6. The van der Waals surface area contributed by atoms with Gasteiger partial charge in [0.1, 0.15) is 17.0 Å². The molecule has 3 aromatic rings. The monoisotopic (exact) mass is 340 g/mol. The summed E-state index contributed by atoms with van der Waals surface area (Å²) in [4.78, 5) is 21.3. The Morgan fingerprint density at radius 2 is 1.96 bits per heavy atom. The minimum absolute atomic E-state index is 0.00249. The Kier molecular flexibility index (Phi) is 5.05. The number of hydrogen-bond donors (Lipinski definition) is 2. The smallest absolute Gasteiger partial charge is 0.222 e. The van der Waals surface area contributed by atoms with Crippen LogP contribution in [0.25, 0.3) is 21.3 Å². The predicted octanol–water partition coefficient (Wildman–Crippen LogP) is 3.54. The van der Waals surface area contributed by atoms with Crippen LogP contribution in [0, 0.1) is 5.92 Å². The maximum absolute atomic E-state index is 11.6. The molecule has 0 atom stereocenters. The molecule has 0 aliphatic carbocycles. The molecule has 0 aliphatic rings. The number of benzene rings is 1. The Morgan fingerprint density at radius 1 is 1.17 bits per heavy atom. The molecular weight excluding hydrogens is 320 g/mol. The second-order valence-corrected chi connectivity index (χ2v) is 6.65.